The number of rotatable bonds is 6. The number of nitrogens with zero attached hydrogens (tertiary/aromatic N) is 4. The Morgan fingerprint density at radius 3 is 2.32 bits per heavy atom. The summed E-state index contributed by atoms with van der Waals surface area (Å²) in [5.41, 5.74) is 4.59. The summed E-state index contributed by atoms with van der Waals surface area (Å²) < 4.78 is 0. The zero-order valence-corrected chi connectivity index (χ0v) is 16.1. The SMILES string of the molecule is Cc1ccccc1-c1nnn(CC(=O)NCC(=O)Nc2c(C)cccc2C)n1. The number of carbonyl (C=O) groups is 2. The number of nitrogens with one attached hydrogen (secondary N) is 2. The van der Waals surface area contributed by atoms with E-state index in [0.29, 0.717) is 5.82 Å². The lowest BCUT2D eigenvalue weighted by Gasteiger charge is -2.11. The number of hydrogen-bond acceptors (Lipinski definition) is 5. The molecule has 2 amide bonds. The van der Waals surface area contributed by atoms with Crippen LogP contribution in [0.25, 0.3) is 11.4 Å². The van der Waals surface area contributed by atoms with Gasteiger partial charge >= 0.3 is 0 Å². The van der Waals surface area contributed by atoms with E-state index in [2.05, 4.69) is 26.0 Å². The molecule has 0 saturated carbocycles. The van der Waals surface area contributed by atoms with Gasteiger partial charge in [-0.3, -0.25) is 9.59 Å². The zero-order chi connectivity index (χ0) is 20.1. The van der Waals surface area contributed by atoms with Gasteiger partial charge in [-0.15, -0.1) is 10.2 Å². The molecule has 0 aliphatic rings. The van der Waals surface area contributed by atoms with Crippen molar-refractivity contribution in [3.63, 3.8) is 0 Å². The molecular formula is C20H22N6O2. The average Bonchev–Trinajstić information content (AvgIpc) is 3.11. The molecule has 0 radical (unpaired) electrons. The quantitative estimate of drug-likeness (QED) is 0.683. The van der Waals surface area contributed by atoms with Crippen molar-refractivity contribution in [3.05, 3.63) is 59.2 Å². The summed E-state index contributed by atoms with van der Waals surface area (Å²) in [4.78, 5) is 25.4. The molecule has 0 saturated heterocycles. The molecule has 0 aliphatic heterocycles. The van der Waals surface area contributed by atoms with Gasteiger partial charge in [0.1, 0.15) is 6.54 Å². The van der Waals surface area contributed by atoms with Gasteiger partial charge in [0.2, 0.25) is 17.6 Å². The highest BCUT2D eigenvalue weighted by atomic mass is 16.2. The summed E-state index contributed by atoms with van der Waals surface area (Å²) in [7, 11) is 0. The molecule has 28 heavy (non-hydrogen) atoms. The highest BCUT2D eigenvalue weighted by Gasteiger charge is 2.12. The molecule has 0 bridgehead atoms. The van der Waals surface area contributed by atoms with Gasteiger partial charge in [0.05, 0.1) is 6.54 Å². The third-order valence-electron chi connectivity index (χ3n) is 4.32. The molecule has 0 aliphatic carbocycles. The number of para-hydroxylation sites is 1. The molecule has 2 N–H and O–H groups in total. The van der Waals surface area contributed by atoms with E-state index in [1.54, 1.807) is 0 Å². The van der Waals surface area contributed by atoms with E-state index in [1.807, 2.05) is 63.2 Å². The van der Waals surface area contributed by atoms with E-state index in [4.69, 9.17) is 0 Å². The Bertz CT molecular complexity index is 991. The first kappa shape index (κ1) is 19.2. The van der Waals surface area contributed by atoms with Crippen LogP contribution in [0.5, 0.6) is 0 Å². The molecule has 2 aromatic carbocycles. The van der Waals surface area contributed by atoms with Gasteiger partial charge in [0.25, 0.3) is 0 Å². The number of anilines is 1. The van der Waals surface area contributed by atoms with E-state index in [-0.39, 0.29) is 24.9 Å². The highest BCUT2D eigenvalue weighted by molar-refractivity contribution is 5.95. The van der Waals surface area contributed by atoms with Crippen LogP contribution in [0.2, 0.25) is 0 Å². The third-order valence-corrected chi connectivity index (χ3v) is 4.32. The van der Waals surface area contributed by atoms with Crippen molar-refractivity contribution >= 4 is 17.5 Å². The van der Waals surface area contributed by atoms with E-state index >= 15 is 0 Å². The third kappa shape index (κ3) is 4.59. The number of benzene rings is 2. The fourth-order valence-electron chi connectivity index (χ4n) is 2.80. The van der Waals surface area contributed by atoms with E-state index in [0.717, 1.165) is 27.9 Å². The Kier molecular flexibility index (Phi) is 5.78. The van der Waals surface area contributed by atoms with Crippen molar-refractivity contribution in [1.29, 1.82) is 0 Å². The molecule has 0 atom stereocenters. The zero-order valence-electron chi connectivity index (χ0n) is 16.1. The van der Waals surface area contributed by atoms with E-state index in [1.165, 1.54) is 4.80 Å². The fourth-order valence-corrected chi connectivity index (χ4v) is 2.80. The predicted molar refractivity (Wildman–Crippen MR) is 106 cm³/mol. The minimum atomic E-state index is -0.370. The number of hydrogen-bond donors (Lipinski definition) is 2. The van der Waals surface area contributed by atoms with Gasteiger partial charge in [-0.25, -0.2) is 0 Å². The van der Waals surface area contributed by atoms with Crippen LogP contribution in [0, 0.1) is 20.8 Å². The molecule has 1 aromatic heterocycles. The monoisotopic (exact) mass is 378 g/mol. The van der Waals surface area contributed by atoms with Crippen molar-refractivity contribution in [2.45, 2.75) is 27.3 Å². The first-order valence-electron chi connectivity index (χ1n) is 8.90. The normalized spacial score (nSPS) is 10.5. The topological polar surface area (TPSA) is 102 Å². The number of carbonyl (C=O) groups excluding carboxylic acids is 2. The summed E-state index contributed by atoms with van der Waals surface area (Å²) in [6.45, 7) is 5.55. The summed E-state index contributed by atoms with van der Waals surface area (Å²) in [5.74, 6) is -0.207. The Labute approximate surface area is 163 Å². The van der Waals surface area contributed by atoms with Crippen molar-refractivity contribution < 1.29 is 9.59 Å². The number of aromatic nitrogens is 4. The predicted octanol–water partition coefficient (Wildman–Crippen LogP) is 2.02. The van der Waals surface area contributed by atoms with Gasteiger partial charge in [-0.05, 0) is 42.7 Å². The lowest BCUT2D eigenvalue weighted by molar-refractivity contribution is -0.124. The second-order valence-corrected chi connectivity index (χ2v) is 6.55. The van der Waals surface area contributed by atoms with Gasteiger partial charge in [0, 0.05) is 11.3 Å². The molecule has 0 fully saturated rings. The summed E-state index contributed by atoms with van der Waals surface area (Å²) in [5, 5.41) is 17.5. The van der Waals surface area contributed by atoms with Crippen LogP contribution in [0.1, 0.15) is 16.7 Å². The standard InChI is InChI=1S/C20H22N6O2/c1-13-7-4-5-10-16(13)20-23-25-26(24-20)12-18(28)21-11-17(27)22-19-14(2)8-6-9-15(19)3/h4-10H,11-12H2,1-3H3,(H,21,28)(H,22,27). The maximum absolute atomic E-state index is 12.1. The van der Waals surface area contributed by atoms with Crippen LogP contribution in [-0.4, -0.2) is 38.6 Å². The average molecular weight is 378 g/mol. The maximum Gasteiger partial charge on any atom is 0.244 e. The molecule has 0 spiro atoms. The summed E-state index contributed by atoms with van der Waals surface area (Å²) in [6.07, 6.45) is 0. The summed E-state index contributed by atoms with van der Waals surface area (Å²) >= 11 is 0. The first-order valence-corrected chi connectivity index (χ1v) is 8.90. The van der Waals surface area contributed by atoms with Crippen LogP contribution in [0.4, 0.5) is 5.69 Å². The second-order valence-electron chi connectivity index (χ2n) is 6.55. The molecule has 3 aromatic rings. The highest BCUT2D eigenvalue weighted by Crippen LogP contribution is 2.19. The van der Waals surface area contributed by atoms with Crippen LogP contribution in [0.3, 0.4) is 0 Å². The van der Waals surface area contributed by atoms with Crippen molar-refractivity contribution in [2.24, 2.45) is 0 Å². The van der Waals surface area contributed by atoms with Gasteiger partial charge in [-0.2, -0.15) is 4.80 Å². The smallest absolute Gasteiger partial charge is 0.244 e. The minimum absolute atomic E-state index is 0.116. The maximum atomic E-state index is 12.1. The Morgan fingerprint density at radius 2 is 1.61 bits per heavy atom. The van der Waals surface area contributed by atoms with Crippen LogP contribution in [-0.2, 0) is 16.1 Å². The van der Waals surface area contributed by atoms with E-state index in [9.17, 15) is 9.59 Å². The van der Waals surface area contributed by atoms with E-state index < -0.39 is 0 Å². The largest absolute Gasteiger partial charge is 0.345 e. The van der Waals surface area contributed by atoms with Gasteiger partial charge in [0.15, 0.2) is 0 Å². The molecule has 1 heterocycles. The molecule has 8 nitrogen and oxygen atoms in total. The van der Waals surface area contributed by atoms with Crippen molar-refractivity contribution in [3.8, 4) is 11.4 Å². The molecule has 0 unspecified atom stereocenters. The lowest BCUT2D eigenvalue weighted by atomic mass is 10.1. The molecule has 3 rings (SSSR count). The molecule has 144 valence electrons. The van der Waals surface area contributed by atoms with Crippen LogP contribution < -0.4 is 10.6 Å². The lowest BCUT2D eigenvalue weighted by Crippen LogP contribution is -2.35. The second kappa shape index (κ2) is 8.43. The van der Waals surface area contributed by atoms with Crippen molar-refractivity contribution in [2.75, 3.05) is 11.9 Å². The Balaban J connectivity index is 1.54. The summed E-state index contributed by atoms with van der Waals surface area (Å²) in [6, 6.07) is 13.4. The van der Waals surface area contributed by atoms with Crippen LogP contribution >= 0.6 is 0 Å². The molecular weight excluding hydrogens is 356 g/mol. The van der Waals surface area contributed by atoms with Crippen molar-refractivity contribution in [1.82, 2.24) is 25.5 Å². The fraction of sp³-hybridized carbons (Fsp3) is 0.250. The number of tetrazole rings is 1. The van der Waals surface area contributed by atoms with Gasteiger partial charge < -0.3 is 10.6 Å². The number of aryl methyl sites for hydroxylation is 3. The van der Waals surface area contributed by atoms with Crippen LogP contribution in [0.15, 0.2) is 42.5 Å². The molecule has 8 heteroatoms. The Morgan fingerprint density at radius 1 is 0.929 bits per heavy atom. The number of amides is 2. The minimum Gasteiger partial charge on any atom is -0.345 e. The van der Waals surface area contributed by atoms with Gasteiger partial charge in [-0.1, -0.05) is 42.5 Å². The Hall–Kier alpha value is -3.55. The first-order chi connectivity index (χ1) is 13.4.